The van der Waals surface area contributed by atoms with E-state index in [4.69, 9.17) is 23.7 Å². The lowest BCUT2D eigenvalue weighted by molar-refractivity contribution is -0.320. The van der Waals surface area contributed by atoms with E-state index in [1.54, 1.807) is 66.6 Å². The maximum Gasteiger partial charge on any atom is 0.340 e. The lowest BCUT2D eigenvalue weighted by atomic mass is 9.42. The fourth-order valence-corrected chi connectivity index (χ4v) is 12.3. The number of fused-ring (bicyclic) bond motifs is 2. The van der Waals surface area contributed by atoms with Gasteiger partial charge in [0.05, 0.1) is 48.3 Å². The number of nitrogens with one attached hydrogen (secondary N) is 1. The average molecular weight is 657 g/mol. The van der Waals surface area contributed by atoms with Gasteiger partial charge in [-0.15, -0.1) is 0 Å². The summed E-state index contributed by atoms with van der Waals surface area (Å²) in [4.78, 5) is 28.7. The Morgan fingerprint density at radius 1 is 1.06 bits per heavy atom. The Hall–Kier alpha value is -2.12. The highest BCUT2D eigenvalue weighted by atomic mass is 16.5. The van der Waals surface area contributed by atoms with Gasteiger partial charge in [-0.05, 0) is 43.9 Å². The van der Waals surface area contributed by atoms with Gasteiger partial charge in [-0.1, -0.05) is 32.9 Å². The highest BCUT2D eigenvalue weighted by molar-refractivity contribution is 6.01. The third kappa shape index (κ3) is 4.05. The molecule has 0 unspecified atom stereocenters. The summed E-state index contributed by atoms with van der Waals surface area (Å²) in [6.45, 7) is 7.01. The van der Waals surface area contributed by atoms with Gasteiger partial charge in [0.25, 0.3) is 0 Å². The Balaban J connectivity index is 1.34. The zero-order chi connectivity index (χ0) is 33.7. The second-order valence-corrected chi connectivity index (χ2v) is 15.5. The first kappa shape index (κ1) is 33.4. The van der Waals surface area contributed by atoms with Crippen LogP contribution in [0.2, 0.25) is 0 Å². The molecule has 0 aromatic heterocycles. The van der Waals surface area contributed by atoms with Gasteiger partial charge < -0.3 is 39.2 Å². The van der Waals surface area contributed by atoms with Gasteiger partial charge in [-0.3, -0.25) is 9.69 Å². The lowest BCUT2D eigenvalue weighted by Gasteiger charge is -2.70. The summed E-state index contributed by atoms with van der Waals surface area (Å²) in [5.41, 5.74) is -3.67. The van der Waals surface area contributed by atoms with E-state index in [1.807, 2.05) is 0 Å². The number of likely N-dealkylation sites (N-methyl/N-ethyl adjacent to an activating group) is 1. The molecule has 1 saturated heterocycles. The van der Waals surface area contributed by atoms with Crippen molar-refractivity contribution in [1.29, 1.82) is 0 Å². The molecule has 1 heterocycles. The first-order chi connectivity index (χ1) is 22.4. The van der Waals surface area contributed by atoms with Gasteiger partial charge in [0.1, 0.15) is 11.2 Å². The molecular weight excluding hydrogens is 604 g/mol. The number of hydrogen-bond donors (Lipinski definition) is 3. The highest BCUT2D eigenvalue weighted by Crippen LogP contribution is 2.80. The molecule has 5 saturated carbocycles. The van der Waals surface area contributed by atoms with Crippen molar-refractivity contribution in [1.82, 2.24) is 4.90 Å². The molecule has 11 nitrogen and oxygen atoms in total. The van der Waals surface area contributed by atoms with Gasteiger partial charge in [0.15, 0.2) is 0 Å². The van der Waals surface area contributed by atoms with Crippen LogP contribution in [-0.4, -0.2) is 117 Å². The number of carbonyl (C=O) groups is 2. The largest absolute Gasteiger partial charge is 0.461 e. The zero-order valence-electron chi connectivity index (χ0n) is 28.7. The first-order valence-electron chi connectivity index (χ1n) is 17.3. The molecule has 7 rings (SSSR count). The molecule has 6 fully saturated rings. The van der Waals surface area contributed by atoms with E-state index in [0.29, 0.717) is 37.2 Å². The molecule has 13 atom stereocenters. The number of rotatable bonds is 10. The van der Waals surface area contributed by atoms with Crippen LogP contribution in [0.4, 0.5) is 5.69 Å². The Kier molecular flexibility index (Phi) is 8.14. The van der Waals surface area contributed by atoms with Gasteiger partial charge in [-0.2, -0.15) is 0 Å². The van der Waals surface area contributed by atoms with Crippen molar-refractivity contribution in [2.45, 2.75) is 88.1 Å². The molecule has 11 heteroatoms. The second kappa shape index (κ2) is 11.5. The smallest absolute Gasteiger partial charge is 0.340 e. The molecule has 1 aliphatic heterocycles. The van der Waals surface area contributed by atoms with Gasteiger partial charge in [0, 0.05) is 75.9 Å². The van der Waals surface area contributed by atoms with Crippen LogP contribution in [0.3, 0.4) is 0 Å². The maximum atomic E-state index is 13.9. The Morgan fingerprint density at radius 3 is 2.45 bits per heavy atom. The van der Waals surface area contributed by atoms with Crippen LogP contribution in [0, 0.1) is 40.4 Å². The van der Waals surface area contributed by atoms with Crippen molar-refractivity contribution in [3.8, 4) is 0 Å². The summed E-state index contributed by atoms with van der Waals surface area (Å²) in [5.74, 6) is -1.52. The highest BCUT2D eigenvalue weighted by Gasteiger charge is 2.91. The summed E-state index contributed by atoms with van der Waals surface area (Å²) in [6.07, 6.45) is 0.976. The molecule has 7 bridgehead atoms. The number of anilines is 1. The summed E-state index contributed by atoms with van der Waals surface area (Å²) < 4.78 is 31.3. The third-order valence-corrected chi connectivity index (χ3v) is 13.7. The molecule has 260 valence electrons. The molecule has 0 radical (unpaired) electrons. The predicted molar refractivity (Wildman–Crippen MR) is 172 cm³/mol. The fraction of sp³-hybridized carbons (Fsp3) is 0.778. The number of carbonyl (C=O) groups excluding carboxylic acids is 2. The number of amides is 1. The average Bonchev–Trinajstić information content (AvgIpc) is 3.48. The Bertz CT molecular complexity index is 1410. The van der Waals surface area contributed by atoms with E-state index in [1.165, 1.54) is 0 Å². The van der Waals surface area contributed by atoms with E-state index in [9.17, 15) is 19.8 Å². The van der Waals surface area contributed by atoms with Crippen LogP contribution < -0.4 is 5.32 Å². The quantitative estimate of drug-likeness (QED) is 0.323. The number of hydrogen-bond acceptors (Lipinski definition) is 10. The summed E-state index contributed by atoms with van der Waals surface area (Å²) in [7, 11) is 6.76. The molecule has 3 N–H and O–H groups in total. The minimum atomic E-state index is -1.66. The van der Waals surface area contributed by atoms with Crippen molar-refractivity contribution in [2.75, 3.05) is 53.5 Å². The van der Waals surface area contributed by atoms with Crippen LogP contribution in [0.1, 0.15) is 56.8 Å². The molecule has 6 aliphatic rings. The van der Waals surface area contributed by atoms with Crippen LogP contribution in [0.25, 0.3) is 0 Å². The van der Waals surface area contributed by atoms with E-state index >= 15 is 0 Å². The van der Waals surface area contributed by atoms with Crippen LogP contribution >= 0.6 is 0 Å². The van der Waals surface area contributed by atoms with E-state index in [-0.39, 0.29) is 60.4 Å². The van der Waals surface area contributed by atoms with Crippen LogP contribution in [0.5, 0.6) is 0 Å². The monoisotopic (exact) mass is 656 g/mol. The van der Waals surface area contributed by atoms with Gasteiger partial charge >= 0.3 is 5.97 Å². The van der Waals surface area contributed by atoms with E-state index in [2.05, 4.69) is 17.1 Å². The molecule has 1 spiro atoms. The number of esters is 1. The third-order valence-electron chi connectivity index (χ3n) is 13.7. The van der Waals surface area contributed by atoms with Crippen molar-refractivity contribution >= 4 is 17.6 Å². The van der Waals surface area contributed by atoms with Gasteiger partial charge in [0.2, 0.25) is 5.91 Å². The predicted octanol–water partition coefficient (Wildman–Crippen LogP) is 2.73. The topological polar surface area (TPSA) is 136 Å². The zero-order valence-corrected chi connectivity index (χ0v) is 28.7. The minimum absolute atomic E-state index is 0.0420. The number of aliphatic hydroxyl groups is 2. The molecule has 1 amide bonds. The minimum Gasteiger partial charge on any atom is -0.461 e. The SMILES string of the molecule is CCN1C[C@]2(COC(=O)c3ccccc3NC(=O)C(C)C)CC[C@H](OC)[C@@]34[C@@H]5C[C@H]6[C@H](OC)[C@@H]5[C@](O)(C[C@@H]6OC)[C@](O)([C@@H](OC)[C@H]23)[C@@H]14. The summed E-state index contributed by atoms with van der Waals surface area (Å²) >= 11 is 0. The van der Waals surface area contributed by atoms with Crippen LogP contribution in [-0.2, 0) is 28.5 Å². The first-order valence-corrected chi connectivity index (χ1v) is 17.3. The lowest BCUT2D eigenvalue weighted by Crippen LogP contribution is -2.82. The van der Waals surface area contributed by atoms with Crippen molar-refractivity contribution in [2.24, 2.45) is 40.4 Å². The standard InChI is InChI=1S/C36H52N2O9/c1-8-38-17-33(18-47-31(40)20-11-9-10-12-23(20)37-30(39)19(2)3)14-13-25(44-5)35-22-15-21-24(43-4)16-34(41,26(22)27(21)45-6)36(42,32(35)38)29(46-7)28(33)35/h9-12,19,21-22,24-29,32,41-42H,8,13-18H2,1-7H3,(H,37,39)/t21-,22-,24+,25+,26-,27+,28-,29+,32+,33+,34-,35+,36+/m1/s1. The normalized spacial score (nSPS) is 46.0. The van der Waals surface area contributed by atoms with Crippen LogP contribution in [0.15, 0.2) is 24.3 Å². The van der Waals surface area contributed by atoms with E-state index in [0.717, 1.165) is 12.8 Å². The number of nitrogens with zero attached hydrogens (tertiary/aromatic N) is 1. The molecule has 1 aromatic rings. The van der Waals surface area contributed by atoms with Crippen molar-refractivity contribution in [3.63, 3.8) is 0 Å². The summed E-state index contributed by atoms with van der Waals surface area (Å²) in [5, 5.41) is 29.4. The molecule has 5 aliphatic carbocycles. The number of likely N-dealkylation sites (tertiary alicyclic amines) is 1. The fourth-order valence-electron chi connectivity index (χ4n) is 12.3. The summed E-state index contributed by atoms with van der Waals surface area (Å²) in [6, 6.07) is 6.49. The number of piperidine rings is 1. The maximum absolute atomic E-state index is 13.9. The van der Waals surface area contributed by atoms with Crippen molar-refractivity contribution < 1.29 is 43.5 Å². The Morgan fingerprint density at radius 2 is 1.81 bits per heavy atom. The molecule has 47 heavy (non-hydrogen) atoms. The molecule has 1 aromatic carbocycles. The van der Waals surface area contributed by atoms with Crippen molar-refractivity contribution in [3.05, 3.63) is 29.8 Å². The van der Waals surface area contributed by atoms with Gasteiger partial charge in [-0.25, -0.2) is 4.79 Å². The number of para-hydroxylation sites is 1. The number of methoxy groups -OCH3 is 4. The Labute approximate surface area is 277 Å². The molecular formula is C36H52N2O9. The number of ether oxygens (including phenoxy) is 5. The number of benzene rings is 1. The van der Waals surface area contributed by atoms with E-state index < -0.39 is 40.1 Å². The second-order valence-electron chi connectivity index (χ2n) is 15.5.